The Bertz CT molecular complexity index is 474. The number of carbonyl (C=O) groups excluding carboxylic acids is 1. The highest BCUT2D eigenvalue weighted by Crippen LogP contribution is 2.23. The zero-order valence-electron chi connectivity index (χ0n) is 11.2. The van der Waals surface area contributed by atoms with Gasteiger partial charge in [-0.1, -0.05) is 13.8 Å². The van der Waals surface area contributed by atoms with Crippen LogP contribution in [0, 0.1) is 22.0 Å². The SMILES string of the molecule is C[C@H]1C[C@H](C)CN(C(=O)c2ccc([N+](=O)[O-])cc2)C1. The molecule has 1 aromatic carbocycles. The Morgan fingerprint density at radius 2 is 1.74 bits per heavy atom. The molecular formula is C14H18N2O3. The normalized spacial score (nSPS) is 23.2. The summed E-state index contributed by atoms with van der Waals surface area (Å²) in [5.41, 5.74) is 0.531. The molecule has 0 radical (unpaired) electrons. The average Bonchev–Trinajstić information content (AvgIpc) is 2.37. The molecule has 0 bridgehead atoms. The molecule has 1 saturated heterocycles. The monoisotopic (exact) mass is 262 g/mol. The van der Waals surface area contributed by atoms with Crippen molar-refractivity contribution in [3.63, 3.8) is 0 Å². The lowest BCUT2D eigenvalue weighted by atomic mass is 9.91. The van der Waals surface area contributed by atoms with Gasteiger partial charge in [-0.15, -0.1) is 0 Å². The van der Waals surface area contributed by atoms with Crippen LogP contribution in [-0.2, 0) is 0 Å². The summed E-state index contributed by atoms with van der Waals surface area (Å²) in [5, 5.41) is 10.6. The van der Waals surface area contributed by atoms with Crippen LogP contribution in [0.25, 0.3) is 0 Å². The molecular weight excluding hydrogens is 244 g/mol. The van der Waals surface area contributed by atoms with E-state index < -0.39 is 4.92 Å². The fourth-order valence-electron chi connectivity index (χ4n) is 2.74. The molecule has 1 aliphatic rings. The van der Waals surface area contributed by atoms with Crippen molar-refractivity contribution < 1.29 is 9.72 Å². The summed E-state index contributed by atoms with van der Waals surface area (Å²) in [6, 6.07) is 5.82. The molecule has 1 heterocycles. The summed E-state index contributed by atoms with van der Waals surface area (Å²) < 4.78 is 0. The van der Waals surface area contributed by atoms with Gasteiger partial charge in [0, 0.05) is 30.8 Å². The number of hydrogen-bond acceptors (Lipinski definition) is 3. The number of nitrogens with zero attached hydrogens (tertiary/aromatic N) is 2. The highest BCUT2D eigenvalue weighted by molar-refractivity contribution is 5.94. The standard InChI is InChI=1S/C14H18N2O3/c1-10-7-11(2)9-15(8-10)14(17)12-3-5-13(6-4-12)16(18)19/h3-6,10-11H,7-9H2,1-2H3/t10-,11-/m0/s1. The van der Waals surface area contributed by atoms with Crippen LogP contribution in [0.4, 0.5) is 5.69 Å². The minimum absolute atomic E-state index is 0.0110. The first kappa shape index (κ1) is 13.5. The first-order valence-electron chi connectivity index (χ1n) is 6.51. The van der Waals surface area contributed by atoms with Crippen LogP contribution in [-0.4, -0.2) is 28.8 Å². The van der Waals surface area contributed by atoms with Crippen LogP contribution in [0.5, 0.6) is 0 Å². The van der Waals surface area contributed by atoms with Crippen LogP contribution in [0.2, 0.25) is 0 Å². The van der Waals surface area contributed by atoms with E-state index >= 15 is 0 Å². The van der Waals surface area contributed by atoms with Crippen LogP contribution in [0.3, 0.4) is 0 Å². The molecule has 5 nitrogen and oxygen atoms in total. The summed E-state index contributed by atoms with van der Waals surface area (Å²) >= 11 is 0. The Morgan fingerprint density at radius 1 is 1.21 bits per heavy atom. The van der Waals surface area contributed by atoms with Gasteiger partial charge in [-0.05, 0) is 30.4 Å². The summed E-state index contributed by atoms with van der Waals surface area (Å²) in [4.78, 5) is 24.3. The number of amides is 1. The van der Waals surface area contributed by atoms with E-state index in [1.54, 1.807) is 0 Å². The van der Waals surface area contributed by atoms with E-state index in [-0.39, 0.29) is 11.6 Å². The maximum absolute atomic E-state index is 12.3. The molecule has 1 aromatic rings. The van der Waals surface area contributed by atoms with Crippen LogP contribution in [0.1, 0.15) is 30.6 Å². The molecule has 0 aliphatic carbocycles. The molecule has 2 rings (SSSR count). The quantitative estimate of drug-likeness (QED) is 0.608. The first-order valence-corrected chi connectivity index (χ1v) is 6.51. The average molecular weight is 262 g/mol. The second-order valence-electron chi connectivity index (χ2n) is 5.46. The summed E-state index contributed by atoms with van der Waals surface area (Å²) in [7, 11) is 0. The Hall–Kier alpha value is -1.91. The summed E-state index contributed by atoms with van der Waals surface area (Å²) in [5.74, 6) is 0.977. The van der Waals surface area contributed by atoms with Crippen molar-refractivity contribution >= 4 is 11.6 Å². The van der Waals surface area contributed by atoms with Gasteiger partial charge in [0.15, 0.2) is 0 Å². The third-order valence-corrected chi connectivity index (χ3v) is 3.48. The zero-order chi connectivity index (χ0) is 14.0. The first-order chi connectivity index (χ1) is 8.97. The number of rotatable bonds is 2. The molecule has 2 atom stereocenters. The van der Waals surface area contributed by atoms with Crippen LogP contribution < -0.4 is 0 Å². The maximum atomic E-state index is 12.3. The number of piperidine rings is 1. The van der Waals surface area contributed by atoms with E-state index in [0.29, 0.717) is 17.4 Å². The van der Waals surface area contributed by atoms with Gasteiger partial charge in [-0.2, -0.15) is 0 Å². The van der Waals surface area contributed by atoms with E-state index in [0.717, 1.165) is 19.5 Å². The number of benzene rings is 1. The van der Waals surface area contributed by atoms with Crippen molar-refractivity contribution in [3.05, 3.63) is 39.9 Å². The van der Waals surface area contributed by atoms with Crippen molar-refractivity contribution in [2.75, 3.05) is 13.1 Å². The second kappa shape index (κ2) is 5.38. The van der Waals surface area contributed by atoms with E-state index in [2.05, 4.69) is 13.8 Å². The lowest BCUT2D eigenvalue weighted by Gasteiger charge is -2.35. The number of hydrogen-bond donors (Lipinski definition) is 0. The number of nitro groups is 1. The number of nitro benzene ring substituents is 1. The van der Waals surface area contributed by atoms with Gasteiger partial charge in [0.1, 0.15) is 0 Å². The van der Waals surface area contributed by atoms with Gasteiger partial charge in [0.25, 0.3) is 11.6 Å². The molecule has 0 unspecified atom stereocenters. The molecule has 0 saturated carbocycles. The Morgan fingerprint density at radius 3 is 2.21 bits per heavy atom. The summed E-state index contributed by atoms with van der Waals surface area (Å²) in [6.07, 6.45) is 1.14. The van der Waals surface area contributed by atoms with Gasteiger partial charge in [-0.25, -0.2) is 0 Å². The van der Waals surface area contributed by atoms with Crippen LogP contribution in [0.15, 0.2) is 24.3 Å². The smallest absolute Gasteiger partial charge is 0.269 e. The lowest BCUT2D eigenvalue weighted by molar-refractivity contribution is -0.384. The third-order valence-electron chi connectivity index (χ3n) is 3.48. The molecule has 0 N–H and O–H groups in total. The number of likely N-dealkylation sites (tertiary alicyclic amines) is 1. The Labute approximate surface area is 112 Å². The van der Waals surface area contributed by atoms with Gasteiger partial charge < -0.3 is 4.90 Å². The van der Waals surface area contributed by atoms with Crippen molar-refractivity contribution in [2.45, 2.75) is 20.3 Å². The highest BCUT2D eigenvalue weighted by atomic mass is 16.6. The molecule has 0 spiro atoms. The molecule has 5 heteroatoms. The topological polar surface area (TPSA) is 63.5 Å². The zero-order valence-corrected chi connectivity index (χ0v) is 11.2. The predicted molar refractivity (Wildman–Crippen MR) is 71.9 cm³/mol. The van der Waals surface area contributed by atoms with Gasteiger partial charge in [-0.3, -0.25) is 14.9 Å². The predicted octanol–water partition coefficient (Wildman–Crippen LogP) is 2.71. The lowest BCUT2D eigenvalue weighted by Crippen LogP contribution is -2.42. The van der Waals surface area contributed by atoms with Crippen molar-refractivity contribution in [1.82, 2.24) is 4.90 Å². The minimum Gasteiger partial charge on any atom is -0.338 e. The Balaban J connectivity index is 2.12. The van der Waals surface area contributed by atoms with Crippen molar-refractivity contribution in [3.8, 4) is 0 Å². The van der Waals surface area contributed by atoms with Crippen molar-refractivity contribution in [2.24, 2.45) is 11.8 Å². The molecule has 102 valence electrons. The van der Waals surface area contributed by atoms with Gasteiger partial charge in [0.2, 0.25) is 0 Å². The second-order valence-corrected chi connectivity index (χ2v) is 5.46. The molecule has 1 fully saturated rings. The van der Waals surface area contributed by atoms with Crippen molar-refractivity contribution in [1.29, 1.82) is 0 Å². The van der Waals surface area contributed by atoms with E-state index in [9.17, 15) is 14.9 Å². The molecule has 0 aromatic heterocycles. The molecule has 1 aliphatic heterocycles. The van der Waals surface area contributed by atoms with E-state index in [1.807, 2.05) is 4.90 Å². The Kier molecular flexibility index (Phi) is 3.83. The minimum atomic E-state index is -0.459. The van der Waals surface area contributed by atoms with E-state index in [4.69, 9.17) is 0 Å². The summed E-state index contributed by atoms with van der Waals surface area (Å²) in [6.45, 7) is 5.82. The molecule has 19 heavy (non-hydrogen) atoms. The largest absolute Gasteiger partial charge is 0.338 e. The third kappa shape index (κ3) is 3.10. The van der Waals surface area contributed by atoms with Gasteiger partial charge in [0.05, 0.1) is 4.92 Å². The maximum Gasteiger partial charge on any atom is 0.269 e. The fraction of sp³-hybridized carbons (Fsp3) is 0.500. The van der Waals surface area contributed by atoms with E-state index in [1.165, 1.54) is 24.3 Å². The molecule has 1 amide bonds. The van der Waals surface area contributed by atoms with Gasteiger partial charge >= 0.3 is 0 Å². The highest BCUT2D eigenvalue weighted by Gasteiger charge is 2.26. The number of non-ortho nitro benzene ring substituents is 1. The fourth-order valence-corrected chi connectivity index (χ4v) is 2.74. The number of carbonyl (C=O) groups is 1. The van der Waals surface area contributed by atoms with Crippen LogP contribution >= 0.6 is 0 Å².